The van der Waals surface area contributed by atoms with Gasteiger partial charge in [-0.25, -0.2) is 9.78 Å². The van der Waals surface area contributed by atoms with E-state index in [0.29, 0.717) is 42.6 Å². The van der Waals surface area contributed by atoms with Crippen molar-refractivity contribution >= 4 is 22.9 Å². The number of fused-ring (bicyclic) bond motifs is 1. The fourth-order valence-corrected chi connectivity index (χ4v) is 4.14. The standard InChI is InChI=1S/C25H29FN4O3/c1-25(2,3)33-24(32)30-12-9-17(10-13-30)28-23(31)20-15-29(4)21-8-7-16(14-19(20)21)18-6-5-11-27-22(18)26/h5-8,11,14-15,17H,9-10,12-13H2,1-4H3,(H,28,31). The summed E-state index contributed by atoms with van der Waals surface area (Å²) in [5.74, 6) is -0.726. The number of nitrogens with zero attached hydrogens (tertiary/aromatic N) is 3. The van der Waals surface area contributed by atoms with E-state index in [4.69, 9.17) is 4.74 Å². The zero-order chi connectivity index (χ0) is 23.8. The van der Waals surface area contributed by atoms with Gasteiger partial charge in [0.25, 0.3) is 5.91 Å². The van der Waals surface area contributed by atoms with Crippen molar-refractivity contribution in [3.63, 3.8) is 0 Å². The van der Waals surface area contributed by atoms with Crippen LogP contribution in [-0.4, -0.2) is 51.2 Å². The van der Waals surface area contributed by atoms with Gasteiger partial charge in [0.1, 0.15) is 5.60 Å². The number of hydrogen-bond donors (Lipinski definition) is 1. The Morgan fingerprint density at radius 1 is 1.18 bits per heavy atom. The van der Waals surface area contributed by atoms with Crippen LogP contribution in [0, 0.1) is 5.95 Å². The van der Waals surface area contributed by atoms with Crippen LogP contribution in [0.25, 0.3) is 22.0 Å². The number of pyridine rings is 1. The topological polar surface area (TPSA) is 76.5 Å². The molecule has 174 valence electrons. The summed E-state index contributed by atoms with van der Waals surface area (Å²) >= 11 is 0. The Hall–Kier alpha value is -3.42. The lowest BCUT2D eigenvalue weighted by atomic mass is 10.0. The van der Waals surface area contributed by atoms with Crippen molar-refractivity contribution in [3.8, 4) is 11.1 Å². The predicted molar refractivity (Wildman–Crippen MR) is 124 cm³/mol. The summed E-state index contributed by atoms with van der Waals surface area (Å²) in [5.41, 5.74) is 1.94. The molecule has 0 spiro atoms. The van der Waals surface area contributed by atoms with Crippen LogP contribution in [0.2, 0.25) is 0 Å². The van der Waals surface area contributed by atoms with E-state index in [1.54, 1.807) is 23.2 Å². The molecular formula is C25H29FN4O3. The number of aromatic nitrogens is 2. The molecule has 2 amide bonds. The number of rotatable bonds is 3. The van der Waals surface area contributed by atoms with Gasteiger partial charge >= 0.3 is 6.09 Å². The minimum absolute atomic E-state index is 0.0367. The first-order chi connectivity index (χ1) is 15.6. The largest absolute Gasteiger partial charge is 0.444 e. The molecule has 8 heteroatoms. The number of aryl methyl sites for hydroxylation is 1. The minimum Gasteiger partial charge on any atom is -0.444 e. The summed E-state index contributed by atoms with van der Waals surface area (Å²) in [7, 11) is 1.88. The van der Waals surface area contributed by atoms with Crippen LogP contribution < -0.4 is 5.32 Å². The molecule has 7 nitrogen and oxygen atoms in total. The lowest BCUT2D eigenvalue weighted by molar-refractivity contribution is 0.0199. The van der Waals surface area contributed by atoms with Crippen molar-refractivity contribution in [3.05, 3.63) is 54.2 Å². The third-order valence-electron chi connectivity index (χ3n) is 5.79. The first-order valence-electron chi connectivity index (χ1n) is 11.1. The molecule has 1 fully saturated rings. The molecule has 0 aliphatic carbocycles. The third-order valence-corrected chi connectivity index (χ3v) is 5.79. The van der Waals surface area contributed by atoms with Crippen LogP contribution in [0.15, 0.2) is 42.7 Å². The molecule has 1 saturated heterocycles. The first-order valence-corrected chi connectivity index (χ1v) is 11.1. The SMILES string of the molecule is Cn1cc(C(=O)NC2CCN(C(=O)OC(C)(C)C)CC2)c2cc(-c3cccnc3F)ccc21. The zero-order valence-electron chi connectivity index (χ0n) is 19.4. The molecule has 1 aromatic carbocycles. The van der Waals surface area contributed by atoms with Gasteiger partial charge in [0, 0.05) is 55.0 Å². The van der Waals surface area contributed by atoms with E-state index in [-0.39, 0.29) is 18.0 Å². The number of halogens is 1. The highest BCUT2D eigenvalue weighted by Crippen LogP contribution is 2.29. The molecule has 33 heavy (non-hydrogen) atoms. The van der Waals surface area contributed by atoms with E-state index in [0.717, 1.165) is 10.9 Å². The minimum atomic E-state index is -0.546. The second kappa shape index (κ2) is 8.84. The monoisotopic (exact) mass is 452 g/mol. The highest BCUT2D eigenvalue weighted by molar-refractivity contribution is 6.08. The number of ether oxygens (including phenoxy) is 1. The van der Waals surface area contributed by atoms with E-state index >= 15 is 0 Å². The van der Waals surface area contributed by atoms with Crippen LogP contribution in [0.3, 0.4) is 0 Å². The molecule has 0 atom stereocenters. The molecule has 1 aliphatic rings. The van der Waals surface area contributed by atoms with E-state index in [9.17, 15) is 14.0 Å². The van der Waals surface area contributed by atoms with Crippen LogP contribution in [0.5, 0.6) is 0 Å². The highest BCUT2D eigenvalue weighted by atomic mass is 19.1. The van der Waals surface area contributed by atoms with Gasteiger partial charge in [0.15, 0.2) is 0 Å². The van der Waals surface area contributed by atoms with Gasteiger partial charge in [-0.2, -0.15) is 4.39 Å². The second-order valence-electron chi connectivity index (χ2n) is 9.44. The molecule has 0 saturated carbocycles. The van der Waals surface area contributed by atoms with Crippen LogP contribution in [0.1, 0.15) is 44.0 Å². The number of hydrogen-bond acceptors (Lipinski definition) is 4. The molecule has 4 rings (SSSR count). The van der Waals surface area contributed by atoms with Gasteiger partial charge in [0.2, 0.25) is 5.95 Å². The molecule has 1 N–H and O–H groups in total. The van der Waals surface area contributed by atoms with Crippen molar-refractivity contribution in [1.29, 1.82) is 0 Å². The maximum Gasteiger partial charge on any atom is 0.410 e. The maximum atomic E-state index is 14.2. The van der Waals surface area contributed by atoms with Gasteiger partial charge in [-0.15, -0.1) is 0 Å². The number of carbonyl (C=O) groups is 2. The van der Waals surface area contributed by atoms with Gasteiger partial charge in [-0.05, 0) is 63.4 Å². The number of amides is 2. The number of nitrogens with one attached hydrogen (secondary N) is 1. The zero-order valence-corrected chi connectivity index (χ0v) is 19.4. The van der Waals surface area contributed by atoms with Crippen molar-refractivity contribution in [2.75, 3.05) is 13.1 Å². The molecule has 3 aromatic rings. The van der Waals surface area contributed by atoms with E-state index in [1.165, 1.54) is 6.20 Å². The summed E-state index contributed by atoms with van der Waals surface area (Å²) in [6.07, 6.45) is 4.19. The Balaban J connectivity index is 1.48. The van der Waals surface area contributed by atoms with E-state index in [2.05, 4.69) is 10.3 Å². The summed E-state index contributed by atoms with van der Waals surface area (Å²) in [4.78, 5) is 30.8. The average Bonchev–Trinajstić information content (AvgIpc) is 3.09. The first kappa shape index (κ1) is 22.8. The summed E-state index contributed by atoms with van der Waals surface area (Å²) in [6, 6.07) is 8.86. The quantitative estimate of drug-likeness (QED) is 0.594. The Labute approximate surface area is 192 Å². The Kier molecular flexibility index (Phi) is 6.10. The molecule has 0 bridgehead atoms. The van der Waals surface area contributed by atoms with Crippen molar-refractivity contribution in [2.24, 2.45) is 7.05 Å². The van der Waals surface area contributed by atoms with Crippen molar-refractivity contribution in [2.45, 2.75) is 45.3 Å². The van der Waals surface area contributed by atoms with Gasteiger partial charge in [0.05, 0.1) is 5.56 Å². The number of piperidine rings is 1. The molecular weight excluding hydrogens is 423 g/mol. The summed E-state index contributed by atoms with van der Waals surface area (Å²) in [6.45, 7) is 6.59. The van der Waals surface area contributed by atoms with Crippen LogP contribution in [0.4, 0.5) is 9.18 Å². The number of carbonyl (C=O) groups excluding carboxylic acids is 2. The van der Waals surface area contributed by atoms with E-state index in [1.807, 2.05) is 50.6 Å². The summed E-state index contributed by atoms with van der Waals surface area (Å²) in [5, 5.41) is 3.85. The normalized spacial score (nSPS) is 15.0. The van der Waals surface area contributed by atoms with Gasteiger partial charge in [-0.3, -0.25) is 4.79 Å². The molecule has 0 unspecified atom stereocenters. The number of likely N-dealkylation sites (tertiary alicyclic amines) is 1. The van der Waals surface area contributed by atoms with Crippen molar-refractivity contribution < 1.29 is 18.7 Å². The number of benzene rings is 1. The van der Waals surface area contributed by atoms with Crippen molar-refractivity contribution in [1.82, 2.24) is 19.8 Å². The predicted octanol–water partition coefficient (Wildman–Crippen LogP) is 4.51. The molecule has 3 heterocycles. The molecule has 2 aromatic heterocycles. The average molecular weight is 453 g/mol. The lowest BCUT2D eigenvalue weighted by Gasteiger charge is -2.33. The fourth-order valence-electron chi connectivity index (χ4n) is 4.14. The van der Waals surface area contributed by atoms with Crippen LogP contribution >= 0.6 is 0 Å². The third kappa shape index (κ3) is 4.99. The van der Waals surface area contributed by atoms with Crippen LogP contribution in [-0.2, 0) is 11.8 Å². The summed E-state index contributed by atoms with van der Waals surface area (Å²) < 4.78 is 21.5. The lowest BCUT2D eigenvalue weighted by Crippen LogP contribution is -2.47. The highest BCUT2D eigenvalue weighted by Gasteiger charge is 2.28. The Morgan fingerprint density at radius 3 is 2.58 bits per heavy atom. The smallest absolute Gasteiger partial charge is 0.410 e. The molecule has 0 radical (unpaired) electrons. The Morgan fingerprint density at radius 2 is 1.91 bits per heavy atom. The van der Waals surface area contributed by atoms with E-state index < -0.39 is 11.5 Å². The van der Waals surface area contributed by atoms with Gasteiger partial charge < -0.3 is 19.5 Å². The molecule has 1 aliphatic heterocycles. The fraction of sp³-hybridized carbons (Fsp3) is 0.400. The second-order valence-corrected chi connectivity index (χ2v) is 9.44. The Bertz CT molecular complexity index is 1190. The van der Waals surface area contributed by atoms with Gasteiger partial charge in [-0.1, -0.05) is 6.07 Å². The maximum absolute atomic E-state index is 14.2.